The fourth-order valence-corrected chi connectivity index (χ4v) is 1.44. The minimum absolute atomic E-state index is 0.0210. The van der Waals surface area contributed by atoms with Crippen molar-refractivity contribution in [3.63, 3.8) is 0 Å². The molecule has 0 spiro atoms. The van der Waals surface area contributed by atoms with Crippen molar-refractivity contribution in [2.45, 2.75) is 18.8 Å². The molecule has 0 bridgehead atoms. The highest BCUT2D eigenvalue weighted by Crippen LogP contribution is 2.30. The number of hydrogen-bond acceptors (Lipinski definition) is 4. The van der Waals surface area contributed by atoms with Crippen molar-refractivity contribution in [3.05, 3.63) is 17.2 Å². The molecular formula is C9H9ClF3NO3. The Bertz CT molecular complexity index is 398. The van der Waals surface area contributed by atoms with Crippen molar-refractivity contribution in [1.29, 1.82) is 0 Å². The summed E-state index contributed by atoms with van der Waals surface area (Å²) in [5.41, 5.74) is 0.151. The number of pyridine rings is 1. The minimum Gasteiger partial charge on any atom is -0.481 e. The summed E-state index contributed by atoms with van der Waals surface area (Å²) in [6, 6.07) is 1.29. The fraction of sp³-hybridized carbons (Fsp3) is 0.444. The van der Waals surface area contributed by atoms with Crippen LogP contribution in [0.2, 0.25) is 0 Å². The molecule has 0 amide bonds. The molecule has 0 aliphatic rings. The second kappa shape index (κ2) is 5.42. The lowest BCUT2D eigenvalue weighted by molar-refractivity contribution is -0.276. The van der Waals surface area contributed by atoms with E-state index in [4.69, 9.17) is 21.4 Å². The highest BCUT2D eigenvalue weighted by molar-refractivity contribution is 6.17. The lowest BCUT2D eigenvalue weighted by Gasteiger charge is -2.14. The van der Waals surface area contributed by atoms with Gasteiger partial charge in [0.05, 0.1) is 19.6 Å². The van der Waals surface area contributed by atoms with Crippen molar-refractivity contribution >= 4 is 11.6 Å². The molecule has 0 aromatic carbocycles. The third-order valence-electron chi connectivity index (χ3n) is 1.88. The molecule has 17 heavy (non-hydrogen) atoms. The average Bonchev–Trinajstić information content (AvgIpc) is 2.25. The van der Waals surface area contributed by atoms with Gasteiger partial charge in [-0.2, -0.15) is 4.98 Å². The Hall–Kier alpha value is -1.21. The Labute approximate surface area is 99.9 Å². The molecule has 1 rings (SSSR count). The van der Waals surface area contributed by atoms with Crippen LogP contribution in [0, 0.1) is 0 Å². The molecular weight excluding hydrogens is 263 g/mol. The number of aliphatic hydroxyl groups is 1. The molecule has 4 nitrogen and oxygen atoms in total. The van der Waals surface area contributed by atoms with Gasteiger partial charge in [-0.15, -0.1) is 24.8 Å². The number of rotatable bonds is 4. The molecule has 1 heterocycles. The van der Waals surface area contributed by atoms with Gasteiger partial charge in [-0.1, -0.05) is 0 Å². The van der Waals surface area contributed by atoms with Crippen LogP contribution in [0.5, 0.6) is 11.8 Å². The summed E-state index contributed by atoms with van der Waals surface area (Å²) >= 11 is 5.50. The Kier molecular flexibility index (Phi) is 4.41. The topological polar surface area (TPSA) is 51.6 Å². The quantitative estimate of drug-likeness (QED) is 0.853. The maximum atomic E-state index is 12.1. The normalized spacial score (nSPS) is 11.4. The van der Waals surface area contributed by atoms with E-state index < -0.39 is 18.8 Å². The first-order valence-electron chi connectivity index (χ1n) is 4.40. The number of aliphatic hydroxyl groups excluding tert-OH is 1. The van der Waals surface area contributed by atoms with Gasteiger partial charge in [-0.05, 0) is 5.56 Å². The standard InChI is InChI=1S/C9H9ClF3NO3/c1-16-7-2-5(4-15)6(3-10)8(14-7)17-9(11,12)13/h2,15H,3-4H2,1H3. The van der Waals surface area contributed by atoms with Crippen molar-refractivity contribution in [1.82, 2.24) is 4.98 Å². The molecule has 0 aliphatic heterocycles. The smallest absolute Gasteiger partial charge is 0.481 e. The first-order chi connectivity index (χ1) is 7.91. The van der Waals surface area contributed by atoms with Gasteiger partial charge in [-0.3, -0.25) is 0 Å². The molecule has 0 fully saturated rings. The Morgan fingerprint density at radius 1 is 1.47 bits per heavy atom. The lowest BCUT2D eigenvalue weighted by atomic mass is 10.1. The molecule has 0 saturated heterocycles. The van der Waals surface area contributed by atoms with Gasteiger partial charge in [0, 0.05) is 11.6 Å². The average molecular weight is 272 g/mol. The first kappa shape index (κ1) is 13.9. The van der Waals surface area contributed by atoms with E-state index in [9.17, 15) is 13.2 Å². The summed E-state index contributed by atoms with van der Waals surface area (Å²) in [7, 11) is 1.24. The van der Waals surface area contributed by atoms with E-state index in [1.54, 1.807) is 0 Å². The SMILES string of the molecule is COc1cc(CO)c(CCl)c(OC(F)(F)F)n1. The maximum absolute atomic E-state index is 12.1. The molecule has 1 N–H and O–H groups in total. The van der Waals surface area contributed by atoms with Gasteiger partial charge in [0.25, 0.3) is 0 Å². The van der Waals surface area contributed by atoms with Gasteiger partial charge in [-0.25, -0.2) is 0 Å². The summed E-state index contributed by atoms with van der Waals surface area (Å²) in [4.78, 5) is 3.50. The van der Waals surface area contributed by atoms with Gasteiger partial charge >= 0.3 is 6.36 Å². The monoisotopic (exact) mass is 271 g/mol. The summed E-state index contributed by atoms with van der Waals surface area (Å²) in [5.74, 6) is -1.07. The molecule has 1 aromatic rings. The summed E-state index contributed by atoms with van der Waals surface area (Å²) in [6.45, 7) is -0.491. The molecule has 0 radical (unpaired) electrons. The van der Waals surface area contributed by atoms with Crippen LogP contribution in [0.1, 0.15) is 11.1 Å². The largest absolute Gasteiger partial charge is 0.574 e. The second-order valence-electron chi connectivity index (χ2n) is 2.95. The predicted molar refractivity (Wildman–Crippen MR) is 53.0 cm³/mol. The van der Waals surface area contributed by atoms with E-state index in [0.717, 1.165) is 0 Å². The number of alkyl halides is 4. The Morgan fingerprint density at radius 2 is 2.12 bits per heavy atom. The number of methoxy groups -OCH3 is 1. The van der Waals surface area contributed by atoms with Crippen LogP contribution in [0.15, 0.2) is 6.07 Å². The second-order valence-corrected chi connectivity index (χ2v) is 3.21. The molecule has 0 atom stereocenters. The van der Waals surface area contributed by atoms with E-state index in [2.05, 4.69) is 9.72 Å². The molecule has 96 valence electrons. The van der Waals surface area contributed by atoms with E-state index in [0.29, 0.717) is 0 Å². The zero-order valence-corrected chi connectivity index (χ0v) is 9.47. The number of halogens is 4. The molecule has 0 unspecified atom stereocenters. The highest BCUT2D eigenvalue weighted by Gasteiger charge is 2.33. The van der Waals surface area contributed by atoms with Crippen molar-refractivity contribution < 1.29 is 27.8 Å². The van der Waals surface area contributed by atoms with Crippen LogP contribution >= 0.6 is 11.6 Å². The zero-order chi connectivity index (χ0) is 13.1. The fourth-order valence-electron chi connectivity index (χ4n) is 1.16. The zero-order valence-electron chi connectivity index (χ0n) is 8.71. The maximum Gasteiger partial charge on any atom is 0.574 e. The van der Waals surface area contributed by atoms with Crippen molar-refractivity contribution in [2.24, 2.45) is 0 Å². The summed E-state index contributed by atoms with van der Waals surface area (Å²) in [5, 5.41) is 9.01. The Balaban J connectivity index is 3.24. The minimum atomic E-state index is -4.88. The lowest BCUT2D eigenvalue weighted by Crippen LogP contribution is -2.19. The van der Waals surface area contributed by atoms with Gasteiger partial charge in [0.15, 0.2) is 0 Å². The van der Waals surface area contributed by atoms with Crippen molar-refractivity contribution in [3.8, 4) is 11.8 Å². The summed E-state index contributed by atoms with van der Waals surface area (Å²) < 4.78 is 44.8. The van der Waals surface area contributed by atoms with E-state index >= 15 is 0 Å². The van der Waals surface area contributed by atoms with Crippen molar-refractivity contribution in [2.75, 3.05) is 7.11 Å². The van der Waals surface area contributed by atoms with E-state index in [1.165, 1.54) is 13.2 Å². The van der Waals surface area contributed by atoms with E-state index in [1.807, 2.05) is 0 Å². The van der Waals surface area contributed by atoms with Gasteiger partial charge in [0.2, 0.25) is 11.8 Å². The molecule has 1 aromatic heterocycles. The first-order valence-corrected chi connectivity index (χ1v) is 4.94. The van der Waals surface area contributed by atoms with Crippen LogP contribution in [-0.2, 0) is 12.5 Å². The van der Waals surface area contributed by atoms with Gasteiger partial charge < -0.3 is 14.6 Å². The van der Waals surface area contributed by atoms with Crippen LogP contribution in [-0.4, -0.2) is 23.6 Å². The highest BCUT2D eigenvalue weighted by atomic mass is 35.5. The molecule has 0 aliphatic carbocycles. The molecule has 8 heteroatoms. The molecule has 0 saturated carbocycles. The van der Waals surface area contributed by atoms with E-state index in [-0.39, 0.29) is 22.9 Å². The third kappa shape index (κ3) is 3.64. The Morgan fingerprint density at radius 3 is 2.53 bits per heavy atom. The van der Waals surface area contributed by atoms with Crippen LogP contribution < -0.4 is 9.47 Å². The van der Waals surface area contributed by atoms with Gasteiger partial charge in [0.1, 0.15) is 0 Å². The predicted octanol–water partition coefficient (Wildman–Crippen LogP) is 2.22. The number of nitrogens with zero attached hydrogens (tertiary/aromatic N) is 1. The van der Waals surface area contributed by atoms with Crippen LogP contribution in [0.4, 0.5) is 13.2 Å². The van der Waals surface area contributed by atoms with Crippen LogP contribution in [0.25, 0.3) is 0 Å². The summed E-state index contributed by atoms with van der Waals surface area (Å²) in [6.07, 6.45) is -4.88. The number of ether oxygens (including phenoxy) is 2. The number of aromatic nitrogens is 1. The third-order valence-corrected chi connectivity index (χ3v) is 2.15. The number of hydrogen-bond donors (Lipinski definition) is 1. The van der Waals surface area contributed by atoms with Crippen LogP contribution in [0.3, 0.4) is 0 Å².